The van der Waals surface area contributed by atoms with Crippen molar-refractivity contribution in [2.75, 3.05) is 6.54 Å². The molecule has 3 aromatic carbocycles. The van der Waals surface area contributed by atoms with Crippen molar-refractivity contribution in [3.05, 3.63) is 105 Å². The Morgan fingerprint density at radius 3 is 2.49 bits per heavy atom. The highest BCUT2D eigenvalue weighted by molar-refractivity contribution is 8.26. The number of thioether (sulfide) groups is 1. The van der Waals surface area contributed by atoms with Gasteiger partial charge in [0.25, 0.3) is 5.91 Å². The van der Waals surface area contributed by atoms with Crippen LogP contribution >= 0.6 is 47.2 Å². The van der Waals surface area contributed by atoms with Crippen LogP contribution in [0.4, 0.5) is 0 Å². The zero-order valence-electron chi connectivity index (χ0n) is 19.7. The van der Waals surface area contributed by atoms with Gasteiger partial charge in [-0.05, 0) is 61.5 Å². The first kappa shape index (κ1) is 25.5. The molecule has 1 aromatic heterocycles. The first-order valence-corrected chi connectivity index (χ1v) is 13.5. The number of hydrogen-bond donors (Lipinski definition) is 0. The van der Waals surface area contributed by atoms with E-state index in [2.05, 4.69) is 0 Å². The summed E-state index contributed by atoms with van der Waals surface area (Å²) in [5, 5.41) is 6.00. The summed E-state index contributed by atoms with van der Waals surface area (Å²) in [4.78, 5) is 15.0. The van der Waals surface area contributed by atoms with E-state index in [1.54, 1.807) is 17.0 Å². The van der Waals surface area contributed by atoms with Crippen LogP contribution in [0.2, 0.25) is 10.0 Å². The number of aromatic nitrogens is 2. The Morgan fingerprint density at radius 2 is 1.81 bits per heavy atom. The molecular formula is C28H21Cl2N3O2S2. The molecule has 186 valence electrons. The number of rotatable bonds is 7. The Labute approximate surface area is 234 Å². The van der Waals surface area contributed by atoms with Gasteiger partial charge in [-0.3, -0.25) is 9.69 Å². The molecule has 0 bridgehead atoms. The fourth-order valence-corrected chi connectivity index (χ4v) is 5.69. The van der Waals surface area contributed by atoms with Crippen molar-refractivity contribution in [1.29, 1.82) is 0 Å². The summed E-state index contributed by atoms with van der Waals surface area (Å²) in [5.74, 6) is 0.614. The van der Waals surface area contributed by atoms with Crippen molar-refractivity contribution >= 4 is 63.5 Å². The molecule has 0 saturated carbocycles. The number of hydrogen-bond acceptors (Lipinski definition) is 5. The third-order valence-electron chi connectivity index (χ3n) is 5.78. The summed E-state index contributed by atoms with van der Waals surface area (Å²) in [6.07, 6.45) is 3.79. The Hall–Kier alpha value is -3.10. The van der Waals surface area contributed by atoms with E-state index in [1.165, 1.54) is 11.8 Å². The molecule has 9 heteroatoms. The normalized spacial score (nSPS) is 14.6. The molecule has 0 atom stereocenters. The molecule has 4 aromatic rings. The SMILES string of the molecule is CCN1C(=O)/C(=C/c2cn(-c3ccccc3)nc2-c2ccc(OCc3ccc(Cl)cc3Cl)cc2)SC1=S. The van der Waals surface area contributed by atoms with Gasteiger partial charge in [0.1, 0.15) is 16.7 Å². The second-order valence-electron chi connectivity index (χ2n) is 8.19. The summed E-state index contributed by atoms with van der Waals surface area (Å²) in [7, 11) is 0. The summed E-state index contributed by atoms with van der Waals surface area (Å²) in [5.41, 5.74) is 4.23. The number of likely N-dealkylation sites (N-methyl/N-ethyl adjacent to an activating group) is 1. The average Bonchev–Trinajstić information content (AvgIpc) is 3.44. The van der Waals surface area contributed by atoms with Gasteiger partial charge >= 0.3 is 0 Å². The third-order valence-corrected chi connectivity index (χ3v) is 7.74. The van der Waals surface area contributed by atoms with E-state index in [-0.39, 0.29) is 5.91 Å². The highest BCUT2D eigenvalue weighted by atomic mass is 35.5. The molecule has 1 saturated heterocycles. The minimum atomic E-state index is -0.0829. The van der Waals surface area contributed by atoms with Crippen LogP contribution in [0.5, 0.6) is 5.75 Å². The smallest absolute Gasteiger partial charge is 0.266 e. The maximum absolute atomic E-state index is 12.8. The lowest BCUT2D eigenvalue weighted by molar-refractivity contribution is -0.121. The van der Waals surface area contributed by atoms with E-state index < -0.39 is 0 Å². The number of para-hydroxylation sites is 1. The van der Waals surface area contributed by atoms with Crippen LogP contribution in [-0.2, 0) is 11.4 Å². The Kier molecular flexibility index (Phi) is 7.67. The van der Waals surface area contributed by atoms with Gasteiger partial charge in [0.2, 0.25) is 0 Å². The zero-order valence-corrected chi connectivity index (χ0v) is 22.9. The van der Waals surface area contributed by atoms with Crippen LogP contribution in [0.25, 0.3) is 23.0 Å². The average molecular weight is 567 g/mol. The van der Waals surface area contributed by atoms with Crippen molar-refractivity contribution < 1.29 is 9.53 Å². The van der Waals surface area contributed by atoms with Crippen molar-refractivity contribution in [3.63, 3.8) is 0 Å². The van der Waals surface area contributed by atoms with Gasteiger partial charge in [-0.2, -0.15) is 5.10 Å². The Bertz CT molecular complexity index is 1500. The first-order chi connectivity index (χ1) is 17.9. The van der Waals surface area contributed by atoms with Crippen LogP contribution < -0.4 is 4.74 Å². The lowest BCUT2D eigenvalue weighted by Gasteiger charge is -2.09. The molecule has 0 N–H and O–H groups in total. The first-order valence-electron chi connectivity index (χ1n) is 11.5. The van der Waals surface area contributed by atoms with Gasteiger partial charge in [0.05, 0.1) is 16.3 Å². The molecule has 5 rings (SSSR count). The molecule has 1 aliphatic rings. The summed E-state index contributed by atoms with van der Waals surface area (Å²) in [6.45, 7) is 2.78. The largest absolute Gasteiger partial charge is 0.489 e. The van der Waals surface area contributed by atoms with E-state index in [1.807, 2.05) is 84.5 Å². The number of carbonyl (C=O) groups is 1. The number of amides is 1. The summed E-state index contributed by atoms with van der Waals surface area (Å²) >= 11 is 18.9. The maximum Gasteiger partial charge on any atom is 0.266 e. The number of nitrogens with zero attached hydrogens (tertiary/aromatic N) is 3. The van der Waals surface area contributed by atoms with Crippen molar-refractivity contribution in [2.24, 2.45) is 0 Å². The van der Waals surface area contributed by atoms with E-state index in [0.717, 1.165) is 28.1 Å². The topological polar surface area (TPSA) is 47.4 Å². The van der Waals surface area contributed by atoms with Gasteiger partial charge in [-0.15, -0.1) is 0 Å². The fraction of sp³-hybridized carbons (Fsp3) is 0.107. The lowest BCUT2D eigenvalue weighted by atomic mass is 10.1. The molecule has 5 nitrogen and oxygen atoms in total. The quantitative estimate of drug-likeness (QED) is 0.170. The van der Waals surface area contributed by atoms with Crippen LogP contribution in [0.3, 0.4) is 0 Å². The molecule has 0 unspecified atom stereocenters. The highest BCUT2D eigenvalue weighted by Gasteiger charge is 2.31. The van der Waals surface area contributed by atoms with Crippen LogP contribution in [0.1, 0.15) is 18.1 Å². The number of ether oxygens (including phenoxy) is 1. The van der Waals surface area contributed by atoms with Crippen molar-refractivity contribution in [1.82, 2.24) is 14.7 Å². The van der Waals surface area contributed by atoms with Crippen molar-refractivity contribution in [3.8, 4) is 22.7 Å². The lowest BCUT2D eigenvalue weighted by Crippen LogP contribution is -2.27. The monoisotopic (exact) mass is 565 g/mol. The van der Waals surface area contributed by atoms with E-state index >= 15 is 0 Å². The molecule has 1 fully saturated rings. The second-order valence-corrected chi connectivity index (χ2v) is 10.7. The summed E-state index contributed by atoms with van der Waals surface area (Å²) in [6, 6.07) is 22.9. The number of carbonyl (C=O) groups excluding carboxylic acids is 1. The van der Waals surface area contributed by atoms with E-state index in [9.17, 15) is 4.79 Å². The Balaban J connectivity index is 1.45. The molecule has 1 amide bonds. The molecular weight excluding hydrogens is 545 g/mol. The third kappa shape index (κ3) is 5.60. The maximum atomic E-state index is 12.8. The standard InChI is InChI=1S/C28H21Cl2N3O2S2/c1-2-32-27(34)25(37-28(32)36)14-20-16-33(22-6-4-3-5-7-22)31-26(20)18-9-12-23(13-10-18)35-17-19-8-11-21(29)15-24(19)30/h3-16H,2,17H2,1H3/b25-14-. The number of halogens is 2. The van der Waals surface area contributed by atoms with Gasteiger partial charge in [0.15, 0.2) is 0 Å². The predicted molar refractivity (Wildman–Crippen MR) is 155 cm³/mol. The van der Waals surface area contributed by atoms with Crippen LogP contribution in [0.15, 0.2) is 83.9 Å². The predicted octanol–water partition coefficient (Wildman–Crippen LogP) is 7.65. The minimum Gasteiger partial charge on any atom is -0.489 e. The summed E-state index contributed by atoms with van der Waals surface area (Å²) < 4.78 is 8.31. The molecule has 2 heterocycles. The Morgan fingerprint density at radius 1 is 1.05 bits per heavy atom. The minimum absolute atomic E-state index is 0.0829. The zero-order chi connectivity index (χ0) is 25.9. The van der Waals surface area contributed by atoms with Gasteiger partial charge in [0, 0.05) is 39.5 Å². The molecule has 0 aliphatic carbocycles. The molecule has 0 radical (unpaired) electrons. The molecule has 0 spiro atoms. The number of benzene rings is 3. The van der Waals surface area contributed by atoms with Crippen LogP contribution in [0, 0.1) is 0 Å². The fourth-order valence-electron chi connectivity index (χ4n) is 3.85. The second kappa shape index (κ2) is 11.1. The number of thiocarbonyl (C=S) groups is 1. The van der Waals surface area contributed by atoms with Crippen LogP contribution in [-0.4, -0.2) is 31.5 Å². The van der Waals surface area contributed by atoms with Gasteiger partial charge in [-0.25, -0.2) is 4.68 Å². The molecule has 1 aliphatic heterocycles. The van der Waals surface area contributed by atoms with E-state index in [0.29, 0.717) is 38.2 Å². The molecule has 37 heavy (non-hydrogen) atoms. The van der Waals surface area contributed by atoms with Crippen molar-refractivity contribution in [2.45, 2.75) is 13.5 Å². The highest BCUT2D eigenvalue weighted by Crippen LogP contribution is 2.35. The van der Waals surface area contributed by atoms with Gasteiger partial charge < -0.3 is 4.74 Å². The van der Waals surface area contributed by atoms with Gasteiger partial charge in [-0.1, -0.05) is 71.4 Å². The van der Waals surface area contributed by atoms with E-state index in [4.69, 9.17) is 45.3 Å².